The van der Waals surface area contributed by atoms with Crippen LogP contribution in [0.1, 0.15) is 21.5 Å². The third-order valence-corrected chi connectivity index (χ3v) is 4.39. The highest BCUT2D eigenvalue weighted by molar-refractivity contribution is 5.91. The maximum absolute atomic E-state index is 12.2. The van der Waals surface area contributed by atoms with E-state index in [0.717, 1.165) is 11.3 Å². The molecular formula is C24H23N3O4. The molecule has 0 radical (unpaired) electrons. The van der Waals surface area contributed by atoms with E-state index >= 15 is 0 Å². The maximum atomic E-state index is 12.2. The number of nitrogens with zero attached hydrogens (tertiary/aromatic N) is 1. The number of esters is 1. The van der Waals surface area contributed by atoms with Crippen molar-refractivity contribution in [3.8, 4) is 11.5 Å². The van der Waals surface area contributed by atoms with Crippen molar-refractivity contribution in [2.24, 2.45) is 5.10 Å². The number of hydrogen-bond acceptors (Lipinski definition) is 6. The zero-order valence-corrected chi connectivity index (χ0v) is 17.3. The van der Waals surface area contributed by atoms with Crippen molar-refractivity contribution >= 4 is 23.8 Å². The lowest BCUT2D eigenvalue weighted by Gasteiger charge is -2.10. The molecule has 31 heavy (non-hydrogen) atoms. The van der Waals surface area contributed by atoms with Crippen molar-refractivity contribution in [1.82, 2.24) is 5.43 Å². The molecule has 0 unspecified atom stereocenters. The van der Waals surface area contributed by atoms with Gasteiger partial charge in [0.2, 0.25) is 0 Å². The predicted octanol–water partition coefficient (Wildman–Crippen LogP) is 3.79. The summed E-state index contributed by atoms with van der Waals surface area (Å²) in [5.41, 5.74) is 5.53. The van der Waals surface area contributed by atoms with Crippen molar-refractivity contribution in [2.75, 3.05) is 19.0 Å². The second-order valence-electron chi connectivity index (χ2n) is 6.63. The quantitative estimate of drug-likeness (QED) is 0.252. The smallest absolute Gasteiger partial charge is 0.343 e. The van der Waals surface area contributed by atoms with Crippen molar-refractivity contribution in [2.45, 2.75) is 6.92 Å². The Bertz CT molecular complexity index is 1080. The molecule has 0 bridgehead atoms. The van der Waals surface area contributed by atoms with E-state index < -0.39 is 5.97 Å². The number of anilines is 1. The maximum Gasteiger partial charge on any atom is 0.343 e. The Balaban J connectivity index is 1.56. The van der Waals surface area contributed by atoms with Crippen molar-refractivity contribution < 1.29 is 19.1 Å². The van der Waals surface area contributed by atoms with E-state index in [2.05, 4.69) is 15.8 Å². The lowest BCUT2D eigenvalue weighted by atomic mass is 10.2. The van der Waals surface area contributed by atoms with Gasteiger partial charge in [0.15, 0.2) is 11.5 Å². The van der Waals surface area contributed by atoms with Gasteiger partial charge < -0.3 is 14.8 Å². The molecule has 0 fully saturated rings. The molecule has 3 aromatic carbocycles. The van der Waals surface area contributed by atoms with Crippen LogP contribution in [-0.4, -0.2) is 31.7 Å². The minimum atomic E-state index is -0.478. The fourth-order valence-electron chi connectivity index (χ4n) is 2.75. The summed E-state index contributed by atoms with van der Waals surface area (Å²) in [5.74, 6) is -0.0886. The first-order chi connectivity index (χ1) is 15.1. The number of benzene rings is 3. The van der Waals surface area contributed by atoms with E-state index in [1.807, 2.05) is 37.3 Å². The van der Waals surface area contributed by atoms with Gasteiger partial charge in [0.25, 0.3) is 5.91 Å². The largest absolute Gasteiger partial charge is 0.493 e. The second-order valence-corrected chi connectivity index (χ2v) is 6.63. The summed E-state index contributed by atoms with van der Waals surface area (Å²) >= 11 is 0. The molecule has 0 heterocycles. The molecule has 0 spiro atoms. The highest BCUT2D eigenvalue weighted by atomic mass is 16.6. The molecule has 0 saturated carbocycles. The molecule has 3 aromatic rings. The third kappa shape index (κ3) is 6.17. The van der Waals surface area contributed by atoms with E-state index in [4.69, 9.17) is 9.47 Å². The normalized spacial score (nSPS) is 10.5. The third-order valence-electron chi connectivity index (χ3n) is 4.39. The number of carbonyl (C=O) groups is 2. The number of ether oxygens (including phenoxy) is 2. The first-order valence-corrected chi connectivity index (χ1v) is 9.63. The Hall–Kier alpha value is -4.13. The van der Waals surface area contributed by atoms with Crippen molar-refractivity contribution in [3.05, 3.63) is 89.5 Å². The molecular weight excluding hydrogens is 394 g/mol. The van der Waals surface area contributed by atoms with Crippen LogP contribution in [0.15, 0.2) is 77.9 Å². The van der Waals surface area contributed by atoms with Crippen molar-refractivity contribution in [1.29, 1.82) is 0 Å². The van der Waals surface area contributed by atoms with E-state index in [1.54, 1.807) is 42.5 Å². The first kappa shape index (κ1) is 21.6. The van der Waals surface area contributed by atoms with Gasteiger partial charge in [-0.1, -0.05) is 36.4 Å². The number of carbonyl (C=O) groups excluding carboxylic acids is 2. The summed E-state index contributed by atoms with van der Waals surface area (Å²) in [6, 6.07) is 21.4. The van der Waals surface area contributed by atoms with Gasteiger partial charge in [0.1, 0.15) is 0 Å². The van der Waals surface area contributed by atoms with Crippen LogP contribution in [0.5, 0.6) is 11.5 Å². The lowest BCUT2D eigenvalue weighted by Crippen LogP contribution is -2.26. The number of para-hydroxylation sites is 1. The summed E-state index contributed by atoms with van der Waals surface area (Å²) in [6.45, 7) is 2.06. The zero-order valence-electron chi connectivity index (χ0n) is 17.3. The molecule has 0 saturated heterocycles. The predicted molar refractivity (Wildman–Crippen MR) is 120 cm³/mol. The lowest BCUT2D eigenvalue weighted by molar-refractivity contribution is -0.119. The molecule has 0 aliphatic carbocycles. The number of hydrogen-bond donors (Lipinski definition) is 2. The van der Waals surface area contributed by atoms with Crippen molar-refractivity contribution in [3.63, 3.8) is 0 Å². The van der Waals surface area contributed by atoms with E-state index in [-0.39, 0.29) is 12.5 Å². The summed E-state index contributed by atoms with van der Waals surface area (Å²) in [6.07, 6.45) is 1.48. The SMILES string of the molecule is COc1cc(/C=N/NC(=O)CNc2ccccc2C)ccc1OC(=O)c1ccccc1. The van der Waals surface area contributed by atoms with E-state index in [1.165, 1.54) is 13.3 Å². The van der Waals surface area contributed by atoms with Gasteiger partial charge in [0.05, 0.1) is 25.4 Å². The molecule has 0 aliphatic heterocycles. The number of rotatable bonds is 8. The Kier molecular flexibility index (Phi) is 7.37. The van der Waals surface area contributed by atoms with Crippen LogP contribution in [0.2, 0.25) is 0 Å². The topological polar surface area (TPSA) is 89.0 Å². The molecule has 2 N–H and O–H groups in total. The summed E-state index contributed by atoms with van der Waals surface area (Å²) in [5, 5.41) is 7.03. The van der Waals surface area contributed by atoms with Crippen LogP contribution in [0.4, 0.5) is 5.69 Å². The van der Waals surface area contributed by atoms with Gasteiger partial charge in [0, 0.05) is 5.69 Å². The van der Waals surface area contributed by atoms with Crippen LogP contribution < -0.4 is 20.2 Å². The highest BCUT2D eigenvalue weighted by Gasteiger charge is 2.12. The molecule has 1 amide bonds. The Morgan fingerprint density at radius 2 is 1.71 bits per heavy atom. The Labute approximate surface area is 180 Å². The molecule has 0 aliphatic rings. The highest BCUT2D eigenvalue weighted by Crippen LogP contribution is 2.28. The standard InChI is InChI=1S/C24H23N3O4/c1-17-8-6-7-11-20(17)25-16-23(28)27-26-15-18-12-13-21(22(14-18)30-2)31-24(29)19-9-4-3-5-10-19/h3-15,25H,16H2,1-2H3,(H,27,28)/b26-15+. The molecule has 0 atom stereocenters. The fraction of sp³-hybridized carbons (Fsp3) is 0.125. The number of amides is 1. The summed E-state index contributed by atoms with van der Waals surface area (Å²) in [7, 11) is 1.48. The molecule has 0 aromatic heterocycles. The van der Waals surface area contributed by atoms with Crippen LogP contribution in [0.25, 0.3) is 0 Å². The second kappa shape index (κ2) is 10.6. The molecule has 7 heteroatoms. The summed E-state index contributed by atoms with van der Waals surface area (Å²) < 4.78 is 10.7. The van der Waals surface area contributed by atoms with Gasteiger partial charge >= 0.3 is 5.97 Å². The minimum Gasteiger partial charge on any atom is -0.493 e. The van der Waals surface area contributed by atoms with Gasteiger partial charge in [-0.15, -0.1) is 0 Å². The van der Waals surface area contributed by atoms with Gasteiger partial charge in [-0.25, -0.2) is 10.2 Å². The first-order valence-electron chi connectivity index (χ1n) is 9.63. The zero-order chi connectivity index (χ0) is 22.1. The fourth-order valence-corrected chi connectivity index (χ4v) is 2.75. The molecule has 158 valence electrons. The van der Waals surface area contributed by atoms with Crippen LogP contribution in [0.3, 0.4) is 0 Å². The monoisotopic (exact) mass is 417 g/mol. The van der Waals surface area contributed by atoms with Crippen LogP contribution in [-0.2, 0) is 4.79 Å². The molecule has 3 rings (SSSR count). The number of nitrogens with one attached hydrogen (secondary N) is 2. The van der Waals surface area contributed by atoms with Gasteiger partial charge in [-0.2, -0.15) is 5.10 Å². The Morgan fingerprint density at radius 3 is 2.45 bits per heavy atom. The number of hydrazone groups is 1. The minimum absolute atomic E-state index is 0.0971. The van der Waals surface area contributed by atoms with E-state index in [9.17, 15) is 9.59 Å². The number of methoxy groups -OCH3 is 1. The van der Waals surface area contributed by atoms with Crippen LogP contribution >= 0.6 is 0 Å². The van der Waals surface area contributed by atoms with Gasteiger partial charge in [-0.3, -0.25) is 4.79 Å². The molecule has 7 nitrogen and oxygen atoms in total. The average molecular weight is 417 g/mol. The average Bonchev–Trinajstić information content (AvgIpc) is 2.80. The Morgan fingerprint density at radius 1 is 0.968 bits per heavy atom. The van der Waals surface area contributed by atoms with Gasteiger partial charge in [-0.05, 0) is 54.4 Å². The summed E-state index contributed by atoms with van der Waals surface area (Å²) in [4.78, 5) is 24.2. The van der Waals surface area contributed by atoms with E-state index in [0.29, 0.717) is 22.6 Å². The van der Waals surface area contributed by atoms with Crippen LogP contribution in [0, 0.1) is 6.92 Å². The number of aryl methyl sites for hydroxylation is 1.